The second kappa shape index (κ2) is 9.22. The molecule has 1 fully saturated rings. The van der Waals surface area contributed by atoms with Crippen molar-refractivity contribution in [3.05, 3.63) is 40.4 Å². The third kappa shape index (κ3) is 6.16. The lowest BCUT2D eigenvalue weighted by Crippen LogP contribution is -2.44. The molecule has 2 rings (SSSR count). The van der Waals surface area contributed by atoms with Crippen molar-refractivity contribution in [2.45, 2.75) is 31.7 Å². The van der Waals surface area contributed by atoms with Gasteiger partial charge in [-0.1, -0.05) is 47.0 Å². The van der Waals surface area contributed by atoms with Gasteiger partial charge < -0.3 is 10.1 Å². The minimum Gasteiger partial charge on any atom is -0.452 e. The van der Waals surface area contributed by atoms with E-state index in [1.807, 2.05) is 24.3 Å². The Balaban J connectivity index is 1.70. The van der Waals surface area contributed by atoms with Gasteiger partial charge >= 0.3 is 12.0 Å². The van der Waals surface area contributed by atoms with Gasteiger partial charge in [-0.2, -0.15) is 0 Å². The highest BCUT2D eigenvalue weighted by Gasteiger charge is 2.18. The van der Waals surface area contributed by atoms with Crippen molar-refractivity contribution in [1.29, 1.82) is 0 Å². The van der Waals surface area contributed by atoms with Crippen molar-refractivity contribution in [3.8, 4) is 0 Å². The fourth-order valence-electron chi connectivity index (χ4n) is 2.41. The van der Waals surface area contributed by atoms with Gasteiger partial charge in [-0.05, 0) is 30.5 Å². The van der Waals surface area contributed by atoms with Gasteiger partial charge in [0.05, 0.1) is 0 Å². The first-order valence-electron chi connectivity index (χ1n) is 7.74. The summed E-state index contributed by atoms with van der Waals surface area (Å²) in [6.07, 6.45) is 6.83. The second-order valence-corrected chi connectivity index (χ2v) is 6.32. The molecule has 1 aromatic carbocycles. The number of halogens is 1. The van der Waals surface area contributed by atoms with Crippen molar-refractivity contribution >= 4 is 39.9 Å². The molecule has 0 aromatic heterocycles. The van der Waals surface area contributed by atoms with Crippen LogP contribution < -0.4 is 10.6 Å². The van der Waals surface area contributed by atoms with E-state index in [0.717, 1.165) is 35.7 Å². The summed E-state index contributed by atoms with van der Waals surface area (Å²) in [6, 6.07) is 6.95. The number of hydrogen-bond donors (Lipinski definition) is 2. The van der Waals surface area contributed by atoms with Crippen LogP contribution in [0.3, 0.4) is 0 Å². The van der Waals surface area contributed by atoms with E-state index in [-0.39, 0.29) is 6.04 Å². The fraction of sp³-hybridized carbons (Fsp3) is 0.353. The fourth-order valence-corrected chi connectivity index (χ4v) is 2.82. The van der Waals surface area contributed by atoms with E-state index < -0.39 is 24.5 Å². The van der Waals surface area contributed by atoms with Crippen molar-refractivity contribution in [2.75, 3.05) is 6.61 Å². The molecule has 0 spiro atoms. The summed E-state index contributed by atoms with van der Waals surface area (Å²) >= 11 is 3.36. The molecular weight excluding hydrogens is 376 g/mol. The molecule has 0 unspecified atom stereocenters. The molecule has 24 heavy (non-hydrogen) atoms. The molecule has 0 aliphatic heterocycles. The lowest BCUT2D eigenvalue weighted by molar-refractivity contribution is -0.143. The van der Waals surface area contributed by atoms with Crippen molar-refractivity contribution in [1.82, 2.24) is 10.6 Å². The molecule has 1 aliphatic carbocycles. The van der Waals surface area contributed by atoms with Gasteiger partial charge in [-0.15, -0.1) is 0 Å². The largest absolute Gasteiger partial charge is 0.452 e. The Kier molecular flexibility index (Phi) is 6.99. The maximum absolute atomic E-state index is 11.6. The van der Waals surface area contributed by atoms with Crippen LogP contribution in [-0.4, -0.2) is 30.6 Å². The summed E-state index contributed by atoms with van der Waals surface area (Å²) in [6.45, 7) is -0.503. The summed E-state index contributed by atoms with van der Waals surface area (Å²) in [7, 11) is 0. The standard InChI is InChI=1S/C17H19BrN2O4/c18-14-8-4-1-5-12(14)9-10-16(22)24-11-15(21)20-17(23)19-13-6-2-3-7-13/h1,4-5,8-10,13H,2-3,6-7,11H2,(H2,19,20,21,23)/b10-9+. The van der Waals surface area contributed by atoms with Gasteiger partial charge in [0, 0.05) is 16.6 Å². The number of esters is 1. The van der Waals surface area contributed by atoms with Crippen LogP contribution in [0.25, 0.3) is 6.08 Å². The van der Waals surface area contributed by atoms with Crippen molar-refractivity contribution < 1.29 is 19.1 Å². The van der Waals surface area contributed by atoms with Crippen LogP contribution in [0.1, 0.15) is 31.2 Å². The highest BCUT2D eigenvalue weighted by Crippen LogP contribution is 2.17. The van der Waals surface area contributed by atoms with Gasteiger partial charge in [0.25, 0.3) is 5.91 Å². The number of benzene rings is 1. The van der Waals surface area contributed by atoms with E-state index in [1.54, 1.807) is 6.08 Å². The number of carbonyl (C=O) groups is 3. The van der Waals surface area contributed by atoms with Crippen LogP contribution in [0.4, 0.5) is 4.79 Å². The first kappa shape index (κ1) is 18.2. The molecular formula is C17H19BrN2O4. The zero-order valence-corrected chi connectivity index (χ0v) is 14.7. The highest BCUT2D eigenvalue weighted by atomic mass is 79.9. The average Bonchev–Trinajstić information content (AvgIpc) is 3.05. The summed E-state index contributed by atoms with van der Waals surface area (Å²) < 4.78 is 5.65. The van der Waals surface area contributed by atoms with E-state index in [4.69, 9.17) is 4.74 Å². The van der Waals surface area contributed by atoms with E-state index >= 15 is 0 Å². The monoisotopic (exact) mass is 394 g/mol. The minimum absolute atomic E-state index is 0.118. The molecule has 7 heteroatoms. The van der Waals surface area contributed by atoms with Crippen LogP contribution in [0, 0.1) is 0 Å². The smallest absolute Gasteiger partial charge is 0.331 e. The van der Waals surface area contributed by atoms with Crippen LogP contribution in [0.5, 0.6) is 0 Å². The molecule has 2 N–H and O–H groups in total. The molecule has 1 aromatic rings. The molecule has 0 saturated heterocycles. The molecule has 0 bridgehead atoms. The normalized spacial score (nSPS) is 14.5. The minimum atomic E-state index is -0.659. The number of imide groups is 1. The Morgan fingerprint density at radius 3 is 2.62 bits per heavy atom. The summed E-state index contributed by atoms with van der Waals surface area (Å²) in [4.78, 5) is 34.8. The zero-order valence-electron chi connectivity index (χ0n) is 13.1. The molecule has 1 aliphatic rings. The summed E-state index contributed by atoms with van der Waals surface area (Å²) in [5.74, 6) is -1.31. The van der Waals surface area contributed by atoms with Crippen LogP contribution in [-0.2, 0) is 14.3 Å². The van der Waals surface area contributed by atoms with Crippen molar-refractivity contribution in [3.63, 3.8) is 0 Å². The Morgan fingerprint density at radius 2 is 1.92 bits per heavy atom. The Bertz CT molecular complexity index is 639. The van der Waals surface area contributed by atoms with Crippen LogP contribution >= 0.6 is 15.9 Å². The summed E-state index contributed by atoms with van der Waals surface area (Å²) in [5.41, 5.74) is 0.815. The molecule has 0 radical (unpaired) electrons. The van der Waals surface area contributed by atoms with Gasteiger partial charge in [-0.25, -0.2) is 9.59 Å². The number of nitrogens with one attached hydrogen (secondary N) is 2. The van der Waals surface area contributed by atoms with Gasteiger partial charge in [0.2, 0.25) is 0 Å². The maximum Gasteiger partial charge on any atom is 0.331 e. The average molecular weight is 395 g/mol. The molecule has 3 amide bonds. The third-order valence-corrected chi connectivity index (χ3v) is 4.32. The van der Waals surface area contributed by atoms with E-state index in [0.29, 0.717) is 0 Å². The van der Waals surface area contributed by atoms with Crippen LogP contribution in [0.2, 0.25) is 0 Å². The molecule has 128 valence electrons. The number of urea groups is 1. The number of rotatable bonds is 5. The number of carbonyl (C=O) groups excluding carboxylic acids is 3. The highest BCUT2D eigenvalue weighted by molar-refractivity contribution is 9.10. The third-order valence-electron chi connectivity index (χ3n) is 3.59. The SMILES string of the molecule is O=C(COC(=O)/C=C/c1ccccc1Br)NC(=O)NC1CCCC1. The first-order valence-corrected chi connectivity index (χ1v) is 8.53. The Morgan fingerprint density at radius 1 is 1.21 bits per heavy atom. The van der Waals surface area contributed by atoms with E-state index in [1.165, 1.54) is 6.08 Å². The topological polar surface area (TPSA) is 84.5 Å². The predicted octanol–water partition coefficient (Wildman–Crippen LogP) is 2.77. The number of hydrogen-bond acceptors (Lipinski definition) is 4. The van der Waals surface area contributed by atoms with Crippen LogP contribution in [0.15, 0.2) is 34.8 Å². The maximum atomic E-state index is 11.6. The molecule has 6 nitrogen and oxygen atoms in total. The van der Waals surface area contributed by atoms with Crippen molar-refractivity contribution in [2.24, 2.45) is 0 Å². The molecule has 0 atom stereocenters. The lowest BCUT2D eigenvalue weighted by Gasteiger charge is -2.12. The molecule has 0 heterocycles. The zero-order chi connectivity index (χ0) is 17.4. The van der Waals surface area contributed by atoms with Gasteiger partial charge in [0.1, 0.15) is 0 Å². The quantitative estimate of drug-likeness (QED) is 0.593. The predicted molar refractivity (Wildman–Crippen MR) is 93.1 cm³/mol. The Labute approximate surface area is 148 Å². The van der Waals surface area contributed by atoms with E-state index in [2.05, 4.69) is 26.6 Å². The second-order valence-electron chi connectivity index (χ2n) is 5.47. The lowest BCUT2D eigenvalue weighted by atomic mass is 10.2. The number of amides is 3. The van der Waals surface area contributed by atoms with E-state index in [9.17, 15) is 14.4 Å². The first-order chi connectivity index (χ1) is 11.5. The Hall–Kier alpha value is -2.15. The van der Waals surface area contributed by atoms with Gasteiger partial charge in [0.15, 0.2) is 6.61 Å². The summed E-state index contributed by atoms with van der Waals surface area (Å²) in [5, 5.41) is 4.87. The molecule has 1 saturated carbocycles. The van der Waals surface area contributed by atoms with Gasteiger partial charge in [-0.3, -0.25) is 10.1 Å². The number of ether oxygens (including phenoxy) is 1.